The van der Waals surface area contributed by atoms with Gasteiger partial charge in [0.25, 0.3) is 0 Å². The molecule has 0 aliphatic heterocycles. The maximum Gasteiger partial charge on any atom is 0.221 e. The molecule has 0 amide bonds. The first kappa shape index (κ1) is 12.7. The van der Waals surface area contributed by atoms with Crippen LogP contribution >= 0.6 is 15.9 Å². The van der Waals surface area contributed by atoms with Crippen molar-refractivity contribution in [1.29, 1.82) is 0 Å². The summed E-state index contributed by atoms with van der Waals surface area (Å²) >= 11 is 3.43. The molecule has 1 aromatic heterocycles. The van der Waals surface area contributed by atoms with Gasteiger partial charge in [-0.1, -0.05) is 6.07 Å². The summed E-state index contributed by atoms with van der Waals surface area (Å²) in [6, 6.07) is 11.1. The molecule has 2 rings (SSSR count). The van der Waals surface area contributed by atoms with Crippen LogP contribution in [0.4, 0.5) is 5.82 Å². The van der Waals surface area contributed by atoms with E-state index < -0.39 is 0 Å². The van der Waals surface area contributed by atoms with E-state index in [0.717, 1.165) is 16.0 Å². The highest BCUT2D eigenvalue weighted by Crippen LogP contribution is 2.32. The third kappa shape index (κ3) is 2.92. The van der Waals surface area contributed by atoms with E-state index in [1.807, 2.05) is 37.4 Å². The number of halogens is 1. The third-order valence-electron chi connectivity index (χ3n) is 2.33. The predicted octanol–water partition coefficient (Wildman–Crippen LogP) is 3.69. The number of hydrogen-bond acceptors (Lipinski definition) is 4. The maximum atomic E-state index is 5.70. The molecule has 0 bridgehead atoms. The minimum atomic E-state index is 0.535. The normalized spacial score (nSPS) is 9.94. The van der Waals surface area contributed by atoms with Gasteiger partial charge in [0.05, 0.1) is 11.6 Å². The second-order valence-electron chi connectivity index (χ2n) is 3.51. The van der Waals surface area contributed by atoms with Crippen LogP contribution in [0.5, 0.6) is 17.4 Å². The van der Waals surface area contributed by atoms with Gasteiger partial charge in [0.1, 0.15) is 17.3 Å². The number of benzene rings is 1. The summed E-state index contributed by atoms with van der Waals surface area (Å²) in [7, 11) is 3.44. The smallest absolute Gasteiger partial charge is 0.221 e. The number of rotatable bonds is 4. The van der Waals surface area contributed by atoms with Crippen molar-refractivity contribution in [2.75, 3.05) is 19.5 Å². The van der Waals surface area contributed by atoms with Crippen LogP contribution in [0.25, 0.3) is 0 Å². The molecule has 1 aromatic carbocycles. The molecule has 0 radical (unpaired) electrons. The highest BCUT2D eigenvalue weighted by atomic mass is 79.9. The quantitative estimate of drug-likeness (QED) is 0.935. The number of anilines is 1. The van der Waals surface area contributed by atoms with Gasteiger partial charge in [-0.05, 0) is 40.2 Å². The zero-order valence-electron chi connectivity index (χ0n) is 10.1. The standard InChI is InChI=1S/C13H13BrN2O2/c1-15-12-4-3-5-13(16-12)18-11-7-6-9(17-2)8-10(11)14/h3-8H,1-2H3,(H,15,16). The molecule has 0 spiro atoms. The van der Waals surface area contributed by atoms with Crippen molar-refractivity contribution in [3.8, 4) is 17.4 Å². The molecule has 18 heavy (non-hydrogen) atoms. The zero-order valence-corrected chi connectivity index (χ0v) is 11.7. The van der Waals surface area contributed by atoms with Crippen molar-refractivity contribution in [3.63, 3.8) is 0 Å². The number of nitrogens with one attached hydrogen (secondary N) is 1. The van der Waals surface area contributed by atoms with Crippen LogP contribution in [0.2, 0.25) is 0 Å². The Balaban J connectivity index is 2.22. The molecule has 0 unspecified atom stereocenters. The van der Waals surface area contributed by atoms with Crippen LogP contribution in [0.3, 0.4) is 0 Å². The average Bonchev–Trinajstić information content (AvgIpc) is 2.41. The molecule has 0 saturated heterocycles. The van der Waals surface area contributed by atoms with Crippen LogP contribution in [-0.4, -0.2) is 19.1 Å². The average molecular weight is 309 g/mol. The second-order valence-corrected chi connectivity index (χ2v) is 4.36. The fourth-order valence-corrected chi connectivity index (χ4v) is 1.85. The van der Waals surface area contributed by atoms with Crippen LogP contribution in [0, 0.1) is 0 Å². The van der Waals surface area contributed by atoms with Crippen molar-refractivity contribution >= 4 is 21.7 Å². The topological polar surface area (TPSA) is 43.4 Å². The Morgan fingerprint density at radius 3 is 2.72 bits per heavy atom. The second kappa shape index (κ2) is 5.73. The first-order valence-electron chi connectivity index (χ1n) is 5.39. The molecule has 0 atom stereocenters. The number of ether oxygens (including phenoxy) is 2. The summed E-state index contributed by atoms with van der Waals surface area (Å²) < 4.78 is 11.6. The first-order chi connectivity index (χ1) is 8.72. The van der Waals surface area contributed by atoms with Crippen molar-refractivity contribution < 1.29 is 9.47 Å². The lowest BCUT2D eigenvalue weighted by molar-refractivity contribution is 0.411. The third-order valence-corrected chi connectivity index (χ3v) is 2.95. The predicted molar refractivity (Wildman–Crippen MR) is 74.6 cm³/mol. The molecule has 94 valence electrons. The van der Waals surface area contributed by atoms with E-state index in [0.29, 0.717) is 11.6 Å². The monoisotopic (exact) mass is 308 g/mol. The lowest BCUT2D eigenvalue weighted by atomic mass is 10.3. The van der Waals surface area contributed by atoms with Gasteiger partial charge < -0.3 is 14.8 Å². The van der Waals surface area contributed by atoms with Gasteiger partial charge in [-0.3, -0.25) is 0 Å². The van der Waals surface area contributed by atoms with Gasteiger partial charge in [0, 0.05) is 13.1 Å². The number of pyridine rings is 1. The van der Waals surface area contributed by atoms with E-state index in [2.05, 4.69) is 26.2 Å². The fraction of sp³-hybridized carbons (Fsp3) is 0.154. The van der Waals surface area contributed by atoms with E-state index in [-0.39, 0.29) is 0 Å². The van der Waals surface area contributed by atoms with E-state index in [4.69, 9.17) is 9.47 Å². The Kier molecular flexibility index (Phi) is 4.04. The van der Waals surface area contributed by atoms with Crippen LogP contribution in [-0.2, 0) is 0 Å². The van der Waals surface area contributed by atoms with Gasteiger partial charge >= 0.3 is 0 Å². The summed E-state index contributed by atoms with van der Waals surface area (Å²) in [4.78, 5) is 4.28. The first-order valence-corrected chi connectivity index (χ1v) is 6.18. The number of methoxy groups -OCH3 is 1. The molecule has 2 aromatic rings. The van der Waals surface area contributed by atoms with Gasteiger partial charge in [-0.2, -0.15) is 4.98 Å². The fourth-order valence-electron chi connectivity index (χ4n) is 1.41. The van der Waals surface area contributed by atoms with Gasteiger partial charge in [0.15, 0.2) is 0 Å². The molecule has 1 heterocycles. The van der Waals surface area contributed by atoms with Crippen molar-refractivity contribution in [2.24, 2.45) is 0 Å². The Hall–Kier alpha value is -1.75. The molecular formula is C13H13BrN2O2. The minimum Gasteiger partial charge on any atom is -0.497 e. The Morgan fingerprint density at radius 1 is 1.22 bits per heavy atom. The Bertz CT molecular complexity index is 546. The summed E-state index contributed by atoms with van der Waals surface area (Å²) in [5.74, 6) is 2.76. The number of hydrogen-bond donors (Lipinski definition) is 1. The Morgan fingerprint density at radius 2 is 2.06 bits per heavy atom. The van der Waals surface area contributed by atoms with E-state index in [9.17, 15) is 0 Å². The Labute approximate surface area is 114 Å². The largest absolute Gasteiger partial charge is 0.497 e. The zero-order chi connectivity index (χ0) is 13.0. The molecule has 5 heteroatoms. The van der Waals surface area contributed by atoms with E-state index >= 15 is 0 Å². The number of nitrogens with zero attached hydrogens (tertiary/aromatic N) is 1. The highest BCUT2D eigenvalue weighted by molar-refractivity contribution is 9.10. The van der Waals surface area contributed by atoms with Gasteiger partial charge in [-0.25, -0.2) is 0 Å². The van der Waals surface area contributed by atoms with E-state index in [1.165, 1.54) is 0 Å². The SMILES string of the molecule is CNc1cccc(Oc2ccc(OC)cc2Br)n1. The molecule has 4 nitrogen and oxygen atoms in total. The molecule has 0 aliphatic carbocycles. The van der Waals surface area contributed by atoms with Crippen molar-refractivity contribution in [2.45, 2.75) is 0 Å². The van der Waals surface area contributed by atoms with Crippen molar-refractivity contribution in [1.82, 2.24) is 4.98 Å². The molecule has 0 aliphatic rings. The van der Waals surface area contributed by atoms with Crippen LogP contribution in [0.1, 0.15) is 0 Å². The summed E-state index contributed by atoms with van der Waals surface area (Å²) in [5.41, 5.74) is 0. The van der Waals surface area contributed by atoms with Crippen LogP contribution < -0.4 is 14.8 Å². The maximum absolute atomic E-state index is 5.70. The van der Waals surface area contributed by atoms with Gasteiger partial charge in [0.2, 0.25) is 5.88 Å². The van der Waals surface area contributed by atoms with Crippen molar-refractivity contribution in [3.05, 3.63) is 40.9 Å². The lowest BCUT2D eigenvalue weighted by Gasteiger charge is -2.09. The van der Waals surface area contributed by atoms with Crippen LogP contribution in [0.15, 0.2) is 40.9 Å². The molecule has 1 N–H and O–H groups in total. The molecular weight excluding hydrogens is 296 g/mol. The lowest BCUT2D eigenvalue weighted by Crippen LogP contribution is -1.94. The minimum absolute atomic E-state index is 0.535. The summed E-state index contributed by atoms with van der Waals surface area (Å²) in [5, 5.41) is 2.96. The van der Waals surface area contributed by atoms with E-state index in [1.54, 1.807) is 13.2 Å². The summed E-state index contributed by atoms with van der Waals surface area (Å²) in [6.45, 7) is 0. The summed E-state index contributed by atoms with van der Waals surface area (Å²) in [6.07, 6.45) is 0. The molecule has 0 saturated carbocycles. The number of aromatic nitrogens is 1. The molecule has 0 fully saturated rings. The highest BCUT2D eigenvalue weighted by Gasteiger charge is 2.05. The van der Waals surface area contributed by atoms with Gasteiger partial charge in [-0.15, -0.1) is 0 Å².